The third-order valence-electron chi connectivity index (χ3n) is 9.90. The van der Waals surface area contributed by atoms with Gasteiger partial charge in [0.25, 0.3) is 11.5 Å². The van der Waals surface area contributed by atoms with Crippen LogP contribution in [0.15, 0.2) is 35.3 Å². The molecule has 1 fully saturated rings. The van der Waals surface area contributed by atoms with Crippen molar-refractivity contribution in [1.82, 2.24) is 19.2 Å². The summed E-state index contributed by atoms with van der Waals surface area (Å²) in [6, 6.07) is 7.03. The number of nitrogens with zero attached hydrogens (tertiary/aromatic N) is 5. The summed E-state index contributed by atoms with van der Waals surface area (Å²) in [7, 11) is 1.68. The second-order valence-corrected chi connectivity index (χ2v) is 13.8. The molecule has 8 rings (SSSR count). The number of benzene rings is 1. The first-order valence-corrected chi connectivity index (χ1v) is 16.7. The van der Waals surface area contributed by atoms with Crippen LogP contribution in [0.25, 0.3) is 11.1 Å². The van der Waals surface area contributed by atoms with Gasteiger partial charge in [0.1, 0.15) is 5.82 Å². The van der Waals surface area contributed by atoms with E-state index in [4.69, 9.17) is 9.84 Å². The van der Waals surface area contributed by atoms with E-state index in [2.05, 4.69) is 11.0 Å². The van der Waals surface area contributed by atoms with Crippen molar-refractivity contribution in [1.29, 1.82) is 0 Å². The van der Waals surface area contributed by atoms with Crippen molar-refractivity contribution >= 4 is 22.9 Å². The van der Waals surface area contributed by atoms with E-state index in [1.54, 1.807) is 35.5 Å². The summed E-state index contributed by atoms with van der Waals surface area (Å²) in [5, 5.41) is 15.4. The maximum atomic E-state index is 15.4. The third-order valence-corrected chi connectivity index (χ3v) is 11.2. The maximum absolute atomic E-state index is 15.4. The van der Waals surface area contributed by atoms with Gasteiger partial charge in [-0.1, -0.05) is 0 Å². The van der Waals surface area contributed by atoms with Crippen molar-refractivity contribution in [2.45, 2.75) is 64.3 Å². The number of halogens is 1. The Balaban J connectivity index is 1.12. The predicted molar refractivity (Wildman–Crippen MR) is 169 cm³/mol. The van der Waals surface area contributed by atoms with Gasteiger partial charge >= 0.3 is 0 Å². The quantitative estimate of drug-likeness (QED) is 0.349. The number of amides is 1. The Morgan fingerprint density at radius 3 is 2.69 bits per heavy atom. The van der Waals surface area contributed by atoms with E-state index in [9.17, 15) is 14.7 Å². The summed E-state index contributed by atoms with van der Waals surface area (Å²) in [5.41, 5.74) is 6.74. The van der Waals surface area contributed by atoms with Gasteiger partial charge in [-0.2, -0.15) is 5.10 Å². The Labute approximate surface area is 264 Å². The van der Waals surface area contributed by atoms with Gasteiger partial charge in [0.2, 0.25) is 0 Å². The standard InChI is InChI=1S/C34H36FN5O4S/c1-37-15-21(10-20(33(37)42)11-23-14-24-16-38(25-18-44-19-25)8-9-40(24)36-23)28-12-22(35)13-30(29(28)17-41)39-7-6-27-26-4-2-3-5-31(26)45-32(27)34(39)43/h10,12-15,25,41H,2-9,11,16-19H2,1H3. The number of fused-ring (bicyclic) bond motifs is 4. The molecule has 1 aliphatic carbocycles. The SMILES string of the molecule is Cn1cc(-c2cc(F)cc(N3CCc4c(sc5c4CCCC5)C3=O)c2CO)cc(Cc2cc3n(n2)CCN(C2COC2)C3)c1=O. The number of anilines is 1. The lowest BCUT2D eigenvalue weighted by Gasteiger charge is -2.39. The van der Waals surface area contributed by atoms with Crippen LogP contribution in [0.3, 0.4) is 0 Å². The van der Waals surface area contributed by atoms with E-state index in [-0.39, 0.29) is 18.1 Å². The van der Waals surface area contributed by atoms with Crippen LogP contribution in [0.4, 0.5) is 10.1 Å². The second kappa shape index (κ2) is 11.3. The first-order valence-electron chi connectivity index (χ1n) is 15.8. The summed E-state index contributed by atoms with van der Waals surface area (Å²) in [6.07, 6.45) is 7.04. The minimum atomic E-state index is -0.500. The van der Waals surface area contributed by atoms with Gasteiger partial charge in [-0.15, -0.1) is 11.3 Å². The molecule has 4 aliphatic rings. The number of aliphatic hydroxyl groups excluding tert-OH is 1. The number of carbonyl (C=O) groups excluding carboxylic acids is 1. The van der Waals surface area contributed by atoms with E-state index < -0.39 is 5.82 Å². The summed E-state index contributed by atoms with van der Waals surface area (Å²) < 4.78 is 24.3. The lowest BCUT2D eigenvalue weighted by Crippen LogP contribution is -2.51. The fraction of sp³-hybridized carbons (Fsp3) is 0.441. The molecule has 0 spiro atoms. The van der Waals surface area contributed by atoms with Gasteiger partial charge in [0.15, 0.2) is 0 Å². The van der Waals surface area contributed by atoms with E-state index in [1.807, 2.05) is 4.68 Å². The number of aliphatic hydroxyl groups is 1. The topological polar surface area (TPSA) is 92.8 Å². The average molecular weight is 630 g/mol. The molecule has 0 unspecified atom stereocenters. The molecule has 4 aromatic rings. The summed E-state index contributed by atoms with van der Waals surface area (Å²) in [4.78, 5) is 33.2. The number of aryl methyl sites for hydroxylation is 2. The molecule has 3 aromatic heterocycles. The van der Waals surface area contributed by atoms with Crippen LogP contribution < -0.4 is 10.5 Å². The lowest BCUT2D eigenvalue weighted by atomic mass is 9.91. The second-order valence-electron chi connectivity index (χ2n) is 12.7. The van der Waals surface area contributed by atoms with Crippen molar-refractivity contribution in [3.8, 4) is 11.1 Å². The Kier molecular flexibility index (Phi) is 7.24. The summed E-state index contributed by atoms with van der Waals surface area (Å²) in [5.74, 6) is -0.630. The highest BCUT2D eigenvalue weighted by Gasteiger charge is 2.34. The number of hydrogen-bond donors (Lipinski definition) is 1. The zero-order valence-electron chi connectivity index (χ0n) is 25.4. The predicted octanol–water partition coefficient (Wildman–Crippen LogP) is 3.83. The Morgan fingerprint density at radius 1 is 1.04 bits per heavy atom. The minimum Gasteiger partial charge on any atom is -0.392 e. The van der Waals surface area contributed by atoms with Crippen LogP contribution >= 0.6 is 11.3 Å². The van der Waals surface area contributed by atoms with Gasteiger partial charge in [0, 0.05) is 55.3 Å². The van der Waals surface area contributed by atoms with Crippen LogP contribution in [-0.2, 0) is 57.2 Å². The molecule has 1 aromatic carbocycles. The van der Waals surface area contributed by atoms with E-state index in [0.717, 1.165) is 80.4 Å². The largest absolute Gasteiger partial charge is 0.392 e. The number of hydrogen-bond acceptors (Lipinski definition) is 7. The van der Waals surface area contributed by atoms with Crippen molar-refractivity contribution in [2.75, 3.05) is 31.2 Å². The average Bonchev–Trinajstić information content (AvgIpc) is 3.59. The van der Waals surface area contributed by atoms with Gasteiger partial charge in [0.05, 0.1) is 54.4 Å². The zero-order chi connectivity index (χ0) is 30.8. The smallest absolute Gasteiger partial charge is 0.268 e. The normalized spacial score (nSPS) is 18.5. The van der Waals surface area contributed by atoms with Crippen LogP contribution in [-0.4, -0.2) is 62.6 Å². The minimum absolute atomic E-state index is 0.129. The fourth-order valence-corrected chi connectivity index (χ4v) is 8.85. The molecule has 6 heterocycles. The molecule has 1 N–H and O–H groups in total. The van der Waals surface area contributed by atoms with Gasteiger partial charge in [-0.25, -0.2) is 4.39 Å². The van der Waals surface area contributed by atoms with Gasteiger partial charge in [-0.3, -0.25) is 19.2 Å². The number of pyridine rings is 1. The molecule has 234 valence electrons. The fourth-order valence-electron chi connectivity index (χ4n) is 7.46. The summed E-state index contributed by atoms with van der Waals surface area (Å²) >= 11 is 1.58. The first kappa shape index (κ1) is 28.8. The van der Waals surface area contributed by atoms with E-state index in [1.165, 1.54) is 27.1 Å². The van der Waals surface area contributed by atoms with Gasteiger partial charge < -0.3 is 19.3 Å². The molecule has 3 aliphatic heterocycles. The van der Waals surface area contributed by atoms with Crippen LogP contribution in [0.5, 0.6) is 0 Å². The molecule has 0 radical (unpaired) electrons. The molecule has 11 heteroatoms. The molecule has 45 heavy (non-hydrogen) atoms. The molecule has 0 bridgehead atoms. The molecule has 1 amide bonds. The first-order chi connectivity index (χ1) is 21.9. The number of ether oxygens (including phenoxy) is 1. The number of carbonyl (C=O) groups is 1. The number of rotatable bonds is 6. The highest BCUT2D eigenvalue weighted by Crippen LogP contribution is 2.41. The molecule has 0 saturated carbocycles. The van der Waals surface area contributed by atoms with Crippen molar-refractivity contribution in [3.05, 3.63) is 90.0 Å². The molecule has 0 atom stereocenters. The van der Waals surface area contributed by atoms with Crippen molar-refractivity contribution in [2.24, 2.45) is 7.05 Å². The zero-order valence-corrected chi connectivity index (χ0v) is 26.2. The van der Waals surface area contributed by atoms with Gasteiger partial charge in [-0.05, 0) is 78.6 Å². The lowest BCUT2D eigenvalue weighted by molar-refractivity contribution is -0.0735. The van der Waals surface area contributed by atoms with Crippen LogP contribution in [0.2, 0.25) is 0 Å². The highest BCUT2D eigenvalue weighted by atomic mass is 32.1. The van der Waals surface area contributed by atoms with Crippen LogP contribution in [0.1, 0.15) is 61.0 Å². The van der Waals surface area contributed by atoms with Crippen LogP contribution in [0, 0.1) is 5.82 Å². The maximum Gasteiger partial charge on any atom is 0.268 e. The molecule has 1 saturated heterocycles. The van der Waals surface area contributed by atoms with E-state index >= 15 is 4.39 Å². The Bertz CT molecular complexity index is 1890. The molecular weight excluding hydrogens is 593 g/mol. The third kappa shape index (κ3) is 4.97. The number of aromatic nitrogens is 3. The number of thiophene rings is 1. The van der Waals surface area contributed by atoms with Crippen molar-refractivity contribution in [3.63, 3.8) is 0 Å². The Hall–Kier alpha value is -3.64. The Morgan fingerprint density at radius 2 is 1.89 bits per heavy atom. The molecule has 9 nitrogen and oxygen atoms in total. The highest BCUT2D eigenvalue weighted by molar-refractivity contribution is 7.14. The summed E-state index contributed by atoms with van der Waals surface area (Å²) in [6.45, 7) is 4.10. The monoisotopic (exact) mass is 629 g/mol. The van der Waals surface area contributed by atoms with E-state index in [0.29, 0.717) is 53.4 Å². The molecular formula is C34H36FN5O4S. The van der Waals surface area contributed by atoms with Crippen molar-refractivity contribution < 1.29 is 19.0 Å².